The Labute approximate surface area is 102 Å². The highest BCUT2D eigenvalue weighted by Gasteiger charge is 2.22. The first-order valence-electron chi connectivity index (χ1n) is 6.38. The molecule has 0 bridgehead atoms. The highest BCUT2D eigenvalue weighted by molar-refractivity contribution is 5.53. The minimum Gasteiger partial charge on any atom is -0.474 e. The van der Waals surface area contributed by atoms with Gasteiger partial charge in [0.05, 0.1) is 0 Å². The van der Waals surface area contributed by atoms with Gasteiger partial charge in [-0.15, -0.1) is 0 Å². The molecular weight excluding hydrogens is 214 g/mol. The van der Waals surface area contributed by atoms with Gasteiger partial charge in [-0.2, -0.15) is 0 Å². The number of aldehydes is 1. The summed E-state index contributed by atoms with van der Waals surface area (Å²) >= 11 is 0. The fourth-order valence-electron chi connectivity index (χ4n) is 2.20. The SMILES string of the molecule is CCc1ccc(OC2CCC(C=O)CC2)nc1. The number of rotatable bonds is 4. The van der Waals surface area contributed by atoms with E-state index in [1.165, 1.54) is 5.56 Å². The molecule has 3 heteroatoms. The van der Waals surface area contributed by atoms with Crippen molar-refractivity contribution in [1.82, 2.24) is 4.98 Å². The van der Waals surface area contributed by atoms with E-state index < -0.39 is 0 Å². The van der Waals surface area contributed by atoms with Crippen molar-refractivity contribution in [3.8, 4) is 5.88 Å². The number of hydrogen-bond acceptors (Lipinski definition) is 3. The van der Waals surface area contributed by atoms with E-state index in [0.717, 1.165) is 38.4 Å². The highest BCUT2D eigenvalue weighted by atomic mass is 16.5. The first kappa shape index (κ1) is 12.1. The van der Waals surface area contributed by atoms with Crippen molar-refractivity contribution in [1.29, 1.82) is 0 Å². The van der Waals surface area contributed by atoms with Crippen LogP contribution in [-0.4, -0.2) is 17.4 Å². The Balaban J connectivity index is 1.86. The zero-order valence-corrected chi connectivity index (χ0v) is 10.3. The third-order valence-electron chi connectivity index (χ3n) is 3.40. The predicted molar refractivity (Wildman–Crippen MR) is 66.1 cm³/mol. The Morgan fingerprint density at radius 2 is 2.12 bits per heavy atom. The van der Waals surface area contributed by atoms with Gasteiger partial charge in [0.15, 0.2) is 0 Å². The smallest absolute Gasteiger partial charge is 0.213 e. The molecule has 1 aromatic rings. The van der Waals surface area contributed by atoms with Crippen LogP contribution in [0.15, 0.2) is 18.3 Å². The molecule has 92 valence electrons. The maximum Gasteiger partial charge on any atom is 0.213 e. The first-order valence-corrected chi connectivity index (χ1v) is 6.38. The van der Waals surface area contributed by atoms with E-state index in [1.54, 1.807) is 0 Å². The predicted octanol–water partition coefficient (Wildman–Crippen LogP) is 2.78. The molecule has 0 aromatic carbocycles. The van der Waals surface area contributed by atoms with Gasteiger partial charge in [-0.3, -0.25) is 0 Å². The van der Waals surface area contributed by atoms with Gasteiger partial charge in [-0.05, 0) is 37.7 Å². The van der Waals surface area contributed by atoms with Gasteiger partial charge < -0.3 is 9.53 Å². The van der Waals surface area contributed by atoms with Crippen LogP contribution in [0.1, 0.15) is 38.2 Å². The largest absolute Gasteiger partial charge is 0.474 e. The summed E-state index contributed by atoms with van der Waals surface area (Å²) in [5.41, 5.74) is 1.22. The Morgan fingerprint density at radius 1 is 1.35 bits per heavy atom. The molecule has 0 radical (unpaired) electrons. The summed E-state index contributed by atoms with van der Waals surface area (Å²) in [5.74, 6) is 0.946. The maximum absolute atomic E-state index is 10.6. The first-order chi connectivity index (χ1) is 8.31. The van der Waals surface area contributed by atoms with E-state index in [-0.39, 0.29) is 12.0 Å². The van der Waals surface area contributed by atoms with Crippen LogP contribution in [-0.2, 0) is 11.2 Å². The van der Waals surface area contributed by atoms with E-state index in [0.29, 0.717) is 5.88 Å². The van der Waals surface area contributed by atoms with Crippen LogP contribution in [0.3, 0.4) is 0 Å². The van der Waals surface area contributed by atoms with Gasteiger partial charge in [0, 0.05) is 18.2 Å². The lowest BCUT2D eigenvalue weighted by Crippen LogP contribution is -2.24. The van der Waals surface area contributed by atoms with Crippen molar-refractivity contribution < 1.29 is 9.53 Å². The average Bonchev–Trinajstić information content (AvgIpc) is 2.40. The molecule has 0 spiro atoms. The van der Waals surface area contributed by atoms with E-state index in [1.807, 2.05) is 12.3 Å². The summed E-state index contributed by atoms with van der Waals surface area (Å²) in [7, 11) is 0. The van der Waals surface area contributed by atoms with Crippen molar-refractivity contribution in [2.24, 2.45) is 5.92 Å². The van der Waals surface area contributed by atoms with Gasteiger partial charge in [-0.25, -0.2) is 4.98 Å². The van der Waals surface area contributed by atoms with Gasteiger partial charge >= 0.3 is 0 Å². The minimum atomic E-state index is 0.228. The number of hydrogen-bond donors (Lipinski definition) is 0. The summed E-state index contributed by atoms with van der Waals surface area (Å²) in [4.78, 5) is 14.9. The van der Waals surface area contributed by atoms with Gasteiger partial charge in [-0.1, -0.05) is 13.0 Å². The molecule has 1 aliphatic carbocycles. The summed E-state index contributed by atoms with van der Waals surface area (Å²) in [6.45, 7) is 2.11. The molecule has 1 aliphatic rings. The van der Waals surface area contributed by atoms with Gasteiger partial charge in [0.25, 0.3) is 0 Å². The van der Waals surface area contributed by atoms with Crippen LogP contribution in [0.5, 0.6) is 5.88 Å². The molecule has 0 N–H and O–H groups in total. The molecular formula is C14H19NO2. The molecule has 1 aromatic heterocycles. The van der Waals surface area contributed by atoms with Crippen molar-refractivity contribution in [2.45, 2.75) is 45.1 Å². The van der Waals surface area contributed by atoms with Crippen LogP contribution in [0.2, 0.25) is 0 Å². The highest BCUT2D eigenvalue weighted by Crippen LogP contribution is 2.25. The molecule has 0 atom stereocenters. The molecule has 2 rings (SSSR count). The number of ether oxygens (including phenoxy) is 1. The number of carbonyl (C=O) groups excluding carboxylic acids is 1. The van der Waals surface area contributed by atoms with E-state index in [9.17, 15) is 4.79 Å². The maximum atomic E-state index is 10.6. The topological polar surface area (TPSA) is 39.2 Å². The van der Waals surface area contributed by atoms with Crippen LogP contribution in [0.25, 0.3) is 0 Å². The average molecular weight is 233 g/mol. The van der Waals surface area contributed by atoms with Crippen LogP contribution < -0.4 is 4.74 Å². The third kappa shape index (κ3) is 3.29. The molecule has 0 amide bonds. The molecule has 1 fully saturated rings. The zero-order valence-electron chi connectivity index (χ0n) is 10.3. The zero-order chi connectivity index (χ0) is 12.1. The number of carbonyl (C=O) groups is 1. The van der Waals surface area contributed by atoms with E-state index >= 15 is 0 Å². The molecule has 0 saturated heterocycles. The van der Waals surface area contributed by atoms with E-state index in [4.69, 9.17) is 4.74 Å². The number of nitrogens with zero attached hydrogens (tertiary/aromatic N) is 1. The number of aromatic nitrogens is 1. The molecule has 1 saturated carbocycles. The molecule has 17 heavy (non-hydrogen) atoms. The van der Waals surface area contributed by atoms with Crippen molar-refractivity contribution in [2.75, 3.05) is 0 Å². The second kappa shape index (κ2) is 5.80. The van der Waals surface area contributed by atoms with Crippen molar-refractivity contribution >= 4 is 6.29 Å². The Morgan fingerprint density at radius 3 is 2.65 bits per heavy atom. The minimum absolute atomic E-state index is 0.228. The molecule has 0 unspecified atom stereocenters. The van der Waals surface area contributed by atoms with Crippen molar-refractivity contribution in [3.05, 3.63) is 23.9 Å². The Kier molecular flexibility index (Phi) is 4.13. The lowest BCUT2D eigenvalue weighted by Gasteiger charge is -2.25. The quantitative estimate of drug-likeness (QED) is 0.751. The second-order valence-corrected chi connectivity index (χ2v) is 4.65. The van der Waals surface area contributed by atoms with Crippen LogP contribution in [0, 0.1) is 5.92 Å². The fraction of sp³-hybridized carbons (Fsp3) is 0.571. The number of aryl methyl sites for hydroxylation is 1. The summed E-state index contributed by atoms with van der Waals surface area (Å²) in [6.07, 6.45) is 7.98. The normalized spacial score (nSPS) is 24.3. The summed E-state index contributed by atoms with van der Waals surface area (Å²) in [6, 6.07) is 3.99. The van der Waals surface area contributed by atoms with Crippen LogP contribution >= 0.6 is 0 Å². The summed E-state index contributed by atoms with van der Waals surface area (Å²) < 4.78 is 5.82. The Hall–Kier alpha value is -1.38. The standard InChI is InChI=1S/C14H19NO2/c1-2-11-5-8-14(15-9-11)17-13-6-3-12(10-16)4-7-13/h5,8-10,12-13H,2-4,6-7H2,1H3. The lowest BCUT2D eigenvalue weighted by molar-refractivity contribution is -0.112. The van der Waals surface area contributed by atoms with Crippen LogP contribution in [0.4, 0.5) is 0 Å². The summed E-state index contributed by atoms with van der Waals surface area (Å²) in [5, 5.41) is 0. The monoisotopic (exact) mass is 233 g/mol. The van der Waals surface area contributed by atoms with Gasteiger partial charge in [0.1, 0.15) is 12.4 Å². The Bertz CT molecular complexity index is 353. The molecule has 3 nitrogen and oxygen atoms in total. The van der Waals surface area contributed by atoms with Crippen molar-refractivity contribution in [3.63, 3.8) is 0 Å². The van der Waals surface area contributed by atoms with Gasteiger partial charge in [0.2, 0.25) is 5.88 Å². The second-order valence-electron chi connectivity index (χ2n) is 4.65. The molecule has 0 aliphatic heterocycles. The van der Waals surface area contributed by atoms with E-state index in [2.05, 4.69) is 18.0 Å². The lowest BCUT2D eigenvalue weighted by atomic mass is 9.88. The number of pyridine rings is 1. The molecule has 1 heterocycles. The third-order valence-corrected chi connectivity index (χ3v) is 3.40. The fourth-order valence-corrected chi connectivity index (χ4v) is 2.20.